The van der Waals surface area contributed by atoms with Gasteiger partial charge in [-0.05, 0) is 87.2 Å². The highest BCUT2D eigenvalue weighted by molar-refractivity contribution is 6.11. The predicted molar refractivity (Wildman–Crippen MR) is 236 cm³/mol. The van der Waals surface area contributed by atoms with Gasteiger partial charge in [0.15, 0.2) is 17.5 Å². The molecule has 0 fully saturated rings. The Morgan fingerprint density at radius 1 is 0.411 bits per heavy atom. The summed E-state index contributed by atoms with van der Waals surface area (Å²) in [5, 5.41) is 4.64. The Kier molecular flexibility index (Phi) is 9.43. The molecule has 4 nitrogen and oxygen atoms in total. The van der Waals surface area contributed by atoms with Gasteiger partial charge < -0.3 is 4.42 Å². The van der Waals surface area contributed by atoms with Crippen molar-refractivity contribution in [3.63, 3.8) is 0 Å². The van der Waals surface area contributed by atoms with Gasteiger partial charge in [-0.25, -0.2) is 15.0 Å². The zero-order chi connectivity index (χ0) is 39.4. The number of nitrogens with zero attached hydrogens (tertiary/aromatic N) is 3. The van der Waals surface area contributed by atoms with Gasteiger partial charge in [-0.2, -0.15) is 0 Å². The van der Waals surface area contributed by atoms with Crippen LogP contribution in [-0.2, 0) is 16.2 Å². The lowest BCUT2D eigenvalue weighted by Crippen LogP contribution is -2.20. The fourth-order valence-corrected chi connectivity index (χ4v) is 7.79. The van der Waals surface area contributed by atoms with Crippen LogP contribution in [0.3, 0.4) is 0 Å². The van der Waals surface area contributed by atoms with E-state index in [4.69, 9.17) is 19.4 Å². The van der Waals surface area contributed by atoms with Crippen LogP contribution in [0.15, 0.2) is 126 Å². The van der Waals surface area contributed by atoms with Crippen LogP contribution < -0.4 is 0 Å². The SMILES string of the molecule is CCC(C)(C)c1cc(C(C)(C)CC)c2oc3c(C(C)(C)CC)cc(-c4ccc(-c5nc(-c6ccccc6)nc(-c6ccccc6)n5)c5ccccc45)cc3c2c1. The number of aromatic nitrogens is 3. The number of furan rings is 1. The Labute approximate surface area is 332 Å². The highest BCUT2D eigenvalue weighted by atomic mass is 16.3. The molecule has 0 saturated carbocycles. The van der Waals surface area contributed by atoms with E-state index in [1.54, 1.807) is 0 Å². The molecule has 0 atom stereocenters. The molecule has 0 aliphatic carbocycles. The van der Waals surface area contributed by atoms with Crippen molar-refractivity contribution in [1.82, 2.24) is 15.0 Å². The minimum atomic E-state index is -0.115. The lowest BCUT2D eigenvalue weighted by molar-refractivity contribution is 0.482. The largest absolute Gasteiger partial charge is 0.455 e. The van der Waals surface area contributed by atoms with Crippen molar-refractivity contribution in [3.8, 4) is 45.3 Å². The Bertz CT molecular complexity index is 2660. The van der Waals surface area contributed by atoms with E-state index in [-0.39, 0.29) is 16.2 Å². The molecule has 282 valence electrons. The van der Waals surface area contributed by atoms with Gasteiger partial charge in [-0.3, -0.25) is 0 Å². The summed E-state index contributed by atoms with van der Waals surface area (Å²) in [6.07, 6.45) is 3.06. The van der Waals surface area contributed by atoms with Gasteiger partial charge in [0.2, 0.25) is 0 Å². The normalized spacial score (nSPS) is 12.6. The van der Waals surface area contributed by atoms with Gasteiger partial charge in [0, 0.05) is 38.6 Å². The summed E-state index contributed by atoms with van der Waals surface area (Å²) in [4.78, 5) is 15.2. The second-order valence-electron chi connectivity index (χ2n) is 17.4. The average Bonchev–Trinajstić information content (AvgIpc) is 3.61. The molecule has 0 unspecified atom stereocenters. The van der Waals surface area contributed by atoms with Gasteiger partial charge in [0.05, 0.1) is 0 Å². The van der Waals surface area contributed by atoms with Crippen LogP contribution in [0.5, 0.6) is 0 Å². The molecule has 4 heteroatoms. The number of hydrogen-bond acceptors (Lipinski definition) is 4. The fraction of sp³-hybridized carbons (Fsp3) is 0.288. The van der Waals surface area contributed by atoms with Crippen LogP contribution in [0, 0.1) is 0 Å². The topological polar surface area (TPSA) is 51.8 Å². The van der Waals surface area contributed by atoms with Crippen molar-refractivity contribution in [2.75, 3.05) is 0 Å². The van der Waals surface area contributed by atoms with Gasteiger partial charge in [-0.15, -0.1) is 0 Å². The van der Waals surface area contributed by atoms with Crippen molar-refractivity contribution in [3.05, 3.63) is 138 Å². The van der Waals surface area contributed by atoms with Crippen LogP contribution in [0.4, 0.5) is 0 Å². The Morgan fingerprint density at radius 2 is 0.857 bits per heavy atom. The second-order valence-corrected chi connectivity index (χ2v) is 17.4. The fourth-order valence-electron chi connectivity index (χ4n) is 7.79. The van der Waals surface area contributed by atoms with E-state index in [2.05, 4.69) is 147 Å². The maximum atomic E-state index is 7.12. The molecule has 2 aromatic heterocycles. The van der Waals surface area contributed by atoms with Crippen molar-refractivity contribution < 1.29 is 4.42 Å². The third-order valence-electron chi connectivity index (χ3n) is 12.7. The number of rotatable bonds is 10. The van der Waals surface area contributed by atoms with Gasteiger partial charge in [-0.1, -0.05) is 159 Å². The zero-order valence-corrected chi connectivity index (χ0v) is 34.4. The Balaban J connectivity index is 1.40. The van der Waals surface area contributed by atoms with E-state index in [0.717, 1.165) is 57.9 Å². The smallest absolute Gasteiger partial charge is 0.164 e. The second kappa shape index (κ2) is 14.2. The summed E-state index contributed by atoms with van der Waals surface area (Å²) in [6, 6.07) is 43.1. The molecule has 0 aliphatic heterocycles. The molecule has 0 radical (unpaired) electrons. The van der Waals surface area contributed by atoms with Crippen molar-refractivity contribution in [2.24, 2.45) is 0 Å². The first-order valence-electron chi connectivity index (χ1n) is 20.3. The Hall–Kier alpha value is -5.61. The maximum absolute atomic E-state index is 7.12. The van der Waals surface area contributed by atoms with E-state index < -0.39 is 0 Å². The van der Waals surface area contributed by atoms with Crippen molar-refractivity contribution >= 4 is 32.7 Å². The maximum Gasteiger partial charge on any atom is 0.164 e. The Morgan fingerprint density at radius 3 is 1.39 bits per heavy atom. The molecular weight excluding hydrogens is 683 g/mol. The third kappa shape index (κ3) is 6.49. The van der Waals surface area contributed by atoms with Crippen LogP contribution in [0.1, 0.15) is 98.3 Å². The van der Waals surface area contributed by atoms with Crippen LogP contribution in [0.25, 0.3) is 78.0 Å². The van der Waals surface area contributed by atoms with Crippen LogP contribution in [0.2, 0.25) is 0 Å². The van der Waals surface area contributed by atoms with Gasteiger partial charge in [0.25, 0.3) is 0 Å². The van der Waals surface area contributed by atoms with Crippen molar-refractivity contribution in [1.29, 1.82) is 0 Å². The summed E-state index contributed by atoms with van der Waals surface area (Å²) < 4.78 is 7.12. The zero-order valence-electron chi connectivity index (χ0n) is 34.4. The standard InChI is InChI=1S/C52H53N3O/c1-10-50(4,5)36-31-42-41-29-35(30-43(51(6,7)11-2)45(41)56-46(42)44(32-36)52(8,9)12-3)37-27-28-40(39-26-20-19-25-38(37)39)49-54-47(33-21-15-13-16-22-33)53-48(55-49)34-23-17-14-18-24-34/h13-32H,10-12H2,1-9H3. The average molecular weight is 736 g/mol. The first-order chi connectivity index (χ1) is 26.8. The summed E-state index contributed by atoms with van der Waals surface area (Å²) in [5.41, 5.74) is 11.0. The molecule has 0 N–H and O–H groups in total. The van der Waals surface area contributed by atoms with Gasteiger partial charge >= 0.3 is 0 Å². The molecule has 0 aliphatic rings. The molecule has 0 amide bonds. The summed E-state index contributed by atoms with van der Waals surface area (Å²) in [7, 11) is 0. The molecule has 2 heterocycles. The van der Waals surface area contributed by atoms with E-state index in [9.17, 15) is 0 Å². The number of benzene rings is 6. The highest BCUT2D eigenvalue weighted by Gasteiger charge is 2.31. The van der Waals surface area contributed by atoms with E-state index >= 15 is 0 Å². The first-order valence-corrected chi connectivity index (χ1v) is 20.3. The minimum Gasteiger partial charge on any atom is -0.455 e. The third-order valence-corrected chi connectivity index (χ3v) is 12.7. The number of hydrogen-bond donors (Lipinski definition) is 0. The first kappa shape index (κ1) is 37.3. The monoisotopic (exact) mass is 735 g/mol. The highest BCUT2D eigenvalue weighted by Crippen LogP contribution is 2.47. The number of fused-ring (bicyclic) bond motifs is 4. The summed E-state index contributed by atoms with van der Waals surface area (Å²) in [5.74, 6) is 1.96. The van der Waals surface area contributed by atoms with Gasteiger partial charge in [0.1, 0.15) is 11.2 Å². The van der Waals surface area contributed by atoms with E-state index in [0.29, 0.717) is 17.5 Å². The van der Waals surface area contributed by atoms with Crippen LogP contribution in [-0.4, -0.2) is 15.0 Å². The molecule has 8 aromatic rings. The molecule has 56 heavy (non-hydrogen) atoms. The van der Waals surface area contributed by atoms with E-state index in [1.807, 2.05) is 36.4 Å². The summed E-state index contributed by atoms with van der Waals surface area (Å²) in [6.45, 7) is 21.0. The molecule has 0 bridgehead atoms. The lowest BCUT2D eigenvalue weighted by atomic mass is 9.75. The molecular formula is C52H53N3O. The summed E-state index contributed by atoms with van der Waals surface area (Å²) >= 11 is 0. The lowest BCUT2D eigenvalue weighted by Gasteiger charge is -2.29. The minimum absolute atomic E-state index is 0.0291. The van der Waals surface area contributed by atoms with Crippen molar-refractivity contribution in [2.45, 2.75) is 97.8 Å². The molecule has 8 rings (SSSR count). The predicted octanol–water partition coefficient (Wildman–Crippen LogP) is 14.7. The van der Waals surface area contributed by atoms with E-state index in [1.165, 1.54) is 38.6 Å². The quantitative estimate of drug-likeness (QED) is 0.140. The molecule has 0 spiro atoms. The molecule has 6 aromatic carbocycles. The molecule has 0 saturated heterocycles. The van der Waals surface area contributed by atoms with Crippen LogP contribution >= 0.6 is 0 Å².